The van der Waals surface area contributed by atoms with Crippen molar-refractivity contribution in [2.45, 2.75) is 65.5 Å². The number of carboxylic acids is 1. The number of hydrogen-bond donors (Lipinski definition) is 1. The third-order valence-corrected chi connectivity index (χ3v) is 11.8. The molecule has 0 amide bonds. The van der Waals surface area contributed by atoms with Crippen LogP contribution in [0.15, 0.2) is 66.4 Å². The lowest BCUT2D eigenvalue weighted by Crippen LogP contribution is -2.47. The van der Waals surface area contributed by atoms with E-state index in [2.05, 4.69) is 60.5 Å². The normalized spacial score (nSPS) is 17.1. The lowest BCUT2D eigenvalue weighted by molar-refractivity contribution is 0.0694. The molecule has 1 aliphatic carbocycles. The van der Waals surface area contributed by atoms with Gasteiger partial charge in [0.1, 0.15) is 29.6 Å². The molecule has 1 saturated heterocycles. The van der Waals surface area contributed by atoms with E-state index in [9.17, 15) is 14.3 Å². The van der Waals surface area contributed by atoms with Gasteiger partial charge >= 0.3 is 5.97 Å². The largest absolute Gasteiger partial charge is 0.478 e. The van der Waals surface area contributed by atoms with Gasteiger partial charge in [0.05, 0.1) is 17.1 Å². The predicted molar refractivity (Wildman–Crippen MR) is 202 cm³/mol. The molecule has 3 aromatic carbocycles. The second-order valence-corrected chi connectivity index (χ2v) is 21.7. The van der Waals surface area contributed by atoms with Crippen molar-refractivity contribution < 1.29 is 23.8 Å². The van der Waals surface area contributed by atoms with Crippen molar-refractivity contribution in [1.82, 2.24) is 14.7 Å². The number of anilines is 1. The van der Waals surface area contributed by atoms with E-state index in [1.165, 1.54) is 35.3 Å². The Morgan fingerprint density at radius 3 is 2.46 bits per heavy atom. The quantitative estimate of drug-likeness (QED) is 0.116. The van der Waals surface area contributed by atoms with E-state index in [4.69, 9.17) is 21.1 Å². The average Bonchev–Trinajstić information content (AvgIpc) is 3.46. The Bertz CT molecular complexity index is 1880. The van der Waals surface area contributed by atoms with E-state index in [0.29, 0.717) is 17.5 Å². The molecule has 1 fully saturated rings. The van der Waals surface area contributed by atoms with E-state index in [0.717, 1.165) is 62.3 Å². The van der Waals surface area contributed by atoms with Gasteiger partial charge < -0.3 is 19.5 Å². The van der Waals surface area contributed by atoms with E-state index < -0.39 is 19.9 Å². The fourth-order valence-electron chi connectivity index (χ4n) is 6.81. The molecular formula is C39H48ClFN4O4Si. The van der Waals surface area contributed by atoms with Crippen molar-refractivity contribution in [1.29, 1.82) is 0 Å². The molecule has 0 radical (unpaired) electrons. The highest BCUT2D eigenvalue weighted by molar-refractivity contribution is 6.76. The number of aromatic carboxylic acids is 1. The maximum atomic E-state index is 14.9. The van der Waals surface area contributed by atoms with Crippen LogP contribution in [0.3, 0.4) is 0 Å². The van der Waals surface area contributed by atoms with Crippen LogP contribution < -0.4 is 9.64 Å². The first-order chi connectivity index (χ1) is 23.7. The fourth-order valence-corrected chi connectivity index (χ4v) is 7.70. The number of hydrogen-bond acceptors (Lipinski definition) is 6. The predicted octanol–water partition coefficient (Wildman–Crippen LogP) is 9.42. The van der Waals surface area contributed by atoms with Gasteiger partial charge in [0.2, 0.25) is 0 Å². The number of halogens is 2. The summed E-state index contributed by atoms with van der Waals surface area (Å²) in [6, 6.07) is 17.1. The zero-order valence-electron chi connectivity index (χ0n) is 29.8. The minimum Gasteiger partial charge on any atom is -0.478 e. The fraction of sp³-hybridized carbons (Fsp3) is 0.436. The molecule has 1 N–H and O–H groups in total. The smallest absolute Gasteiger partial charge is 0.339 e. The van der Waals surface area contributed by atoms with E-state index in [1.54, 1.807) is 23.0 Å². The summed E-state index contributed by atoms with van der Waals surface area (Å²) < 4.78 is 28.6. The van der Waals surface area contributed by atoms with Crippen LogP contribution in [0.1, 0.15) is 49.0 Å². The Morgan fingerprint density at radius 2 is 1.76 bits per heavy atom. The van der Waals surface area contributed by atoms with Crippen LogP contribution in [0.25, 0.3) is 16.5 Å². The van der Waals surface area contributed by atoms with Gasteiger partial charge in [-0.1, -0.05) is 62.8 Å². The first-order valence-electron chi connectivity index (χ1n) is 17.5. The van der Waals surface area contributed by atoms with Crippen molar-refractivity contribution >= 4 is 47.8 Å². The second kappa shape index (κ2) is 14.9. The summed E-state index contributed by atoms with van der Waals surface area (Å²) in [4.78, 5) is 17.0. The number of fused-ring (bicyclic) bond motifs is 1. The number of carboxylic acid groups (broad SMARTS) is 1. The number of rotatable bonds is 12. The maximum Gasteiger partial charge on any atom is 0.339 e. The summed E-state index contributed by atoms with van der Waals surface area (Å²) >= 11 is 6.21. The van der Waals surface area contributed by atoms with Crippen molar-refractivity contribution in [2.24, 2.45) is 5.41 Å². The van der Waals surface area contributed by atoms with Crippen LogP contribution >= 0.6 is 11.6 Å². The molecule has 6 rings (SSSR count). The molecule has 2 aliphatic rings. The van der Waals surface area contributed by atoms with Crippen molar-refractivity contribution in [3.63, 3.8) is 0 Å². The van der Waals surface area contributed by atoms with Crippen LogP contribution in [-0.2, 0) is 11.5 Å². The Kier molecular flexibility index (Phi) is 10.7. The zero-order valence-corrected chi connectivity index (χ0v) is 31.5. The van der Waals surface area contributed by atoms with E-state index in [1.807, 2.05) is 18.2 Å². The topological polar surface area (TPSA) is 80.1 Å². The summed E-state index contributed by atoms with van der Waals surface area (Å²) in [5, 5.41) is 15.8. The Morgan fingerprint density at radius 1 is 1.02 bits per heavy atom. The second-order valence-electron chi connectivity index (χ2n) is 15.6. The lowest BCUT2D eigenvalue weighted by Gasteiger charge is -2.39. The number of aromatic nitrogens is 2. The van der Waals surface area contributed by atoms with E-state index in [-0.39, 0.29) is 29.2 Å². The molecule has 0 bridgehead atoms. The third-order valence-electron chi connectivity index (χ3n) is 9.85. The number of allylic oxidation sites excluding steroid dienone is 1. The number of nitrogens with zero attached hydrogens (tertiary/aromatic N) is 4. The number of piperazine rings is 1. The minimum absolute atomic E-state index is 0.00811. The molecule has 8 nitrogen and oxygen atoms in total. The molecule has 4 aromatic rings. The summed E-state index contributed by atoms with van der Waals surface area (Å²) in [7, 11) is -1.25. The molecule has 266 valence electrons. The van der Waals surface area contributed by atoms with Crippen molar-refractivity contribution in [3.05, 3.63) is 88.3 Å². The molecule has 50 heavy (non-hydrogen) atoms. The van der Waals surface area contributed by atoms with Crippen LogP contribution in [0.5, 0.6) is 11.5 Å². The van der Waals surface area contributed by atoms with Gasteiger partial charge in [-0.25, -0.2) is 13.9 Å². The number of benzene rings is 3. The molecule has 11 heteroatoms. The first-order valence-corrected chi connectivity index (χ1v) is 21.6. The summed E-state index contributed by atoms with van der Waals surface area (Å²) in [5.74, 6) is -1.25. The van der Waals surface area contributed by atoms with Crippen LogP contribution in [0, 0.1) is 11.2 Å². The molecular weight excluding hydrogens is 671 g/mol. The van der Waals surface area contributed by atoms with Gasteiger partial charge in [0, 0.05) is 76.3 Å². The highest BCUT2D eigenvalue weighted by atomic mass is 35.5. The molecule has 0 saturated carbocycles. The van der Waals surface area contributed by atoms with E-state index >= 15 is 0 Å². The van der Waals surface area contributed by atoms with Gasteiger partial charge in [-0.2, -0.15) is 5.10 Å². The highest BCUT2D eigenvalue weighted by Crippen LogP contribution is 2.43. The molecule has 1 aromatic heterocycles. The number of ether oxygens (including phenoxy) is 2. The van der Waals surface area contributed by atoms with Crippen LogP contribution in [-0.4, -0.2) is 73.2 Å². The standard InChI is InChI=1S/C39H48ClFN4O4Si/c1-39(2)13-12-28(33(23-39)27-6-8-29(40)9-7-27)25-43-14-16-44(17-15-43)31-10-11-32(38(46)47)37(22-31)49-36-21-30(41)20-35-34(36)24-42-45(35)26-48-18-19-50(3,4)5/h6-11,20-22,24H,12-19,23,25-26H2,1-5H3,(H,46,47). The summed E-state index contributed by atoms with van der Waals surface area (Å²) in [6.45, 7) is 16.6. The SMILES string of the molecule is CC1(C)CCC(CN2CCN(c3ccc(C(=O)O)c(Oc4cc(F)cc5c4cnn5COCC[Si](C)(C)C)c3)CC2)=C(c2ccc(Cl)cc2)C1. The van der Waals surface area contributed by atoms with Crippen LogP contribution in [0.4, 0.5) is 10.1 Å². The summed E-state index contributed by atoms with van der Waals surface area (Å²) in [6.07, 6.45) is 4.91. The van der Waals surface area contributed by atoms with Gasteiger partial charge in [0.15, 0.2) is 0 Å². The molecule has 0 unspecified atom stereocenters. The highest BCUT2D eigenvalue weighted by Gasteiger charge is 2.29. The Balaban J connectivity index is 1.17. The van der Waals surface area contributed by atoms with Crippen molar-refractivity contribution in [2.75, 3.05) is 44.2 Å². The summed E-state index contributed by atoms with van der Waals surface area (Å²) in [5.41, 5.74) is 5.86. The van der Waals surface area contributed by atoms with Gasteiger partial charge in [-0.3, -0.25) is 4.90 Å². The Hall–Kier alpha value is -3.70. The monoisotopic (exact) mass is 718 g/mol. The zero-order chi connectivity index (χ0) is 35.6. The maximum absolute atomic E-state index is 14.9. The van der Waals surface area contributed by atoms with Gasteiger partial charge in [0.25, 0.3) is 0 Å². The minimum atomic E-state index is -1.25. The third kappa shape index (κ3) is 8.77. The van der Waals surface area contributed by atoms with Gasteiger partial charge in [-0.05, 0) is 66.1 Å². The average molecular weight is 719 g/mol. The van der Waals surface area contributed by atoms with Gasteiger partial charge in [-0.15, -0.1) is 0 Å². The molecule has 0 spiro atoms. The Labute approximate surface area is 300 Å². The van der Waals surface area contributed by atoms with Crippen molar-refractivity contribution in [3.8, 4) is 11.5 Å². The first kappa shape index (κ1) is 36.1. The van der Waals surface area contributed by atoms with Crippen LogP contribution in [0.2, 0.25) is 30.7 Å². The molecule has 1 aliphatic heterocycles. The number of carbonyl (C=O) groups is 1. The molecule has 0 atom stereocenters. The lowest BCUT2D eigenvalue weighted by atomic mass is 9.72. The molecule has 2 heterocycles.